The van der Waals surface area contributed by atoms with Gasteiger partial charge in [-0.15, -0.1) is 0 Å². The van der Waals surface area contributed by atoms with Gasteiger partial charge in [0.15, 0.2) is 18.8 Å². The molecule has 2 heterocycles. The van der Waals surface area contributed by atoms with Crippen molar-refractivity contribution in [2.24, 2.45) is 14.1 Å². The maximum atomic E-state index is 12.3. The number of rotatable bonds is 5. The zero-order valence-electron chi connectivity index (χ0n) is 15.0. The molecule has 2 N–H and O–H groups in total. The van der Waals surface area contributed by atoms with Crippen molar-refractivity contribution in [3.63, 3.8) is 0 Å². The second-order valence-corrected chi connectivity index (χ2v) is 5.91. The predicted octanol–water partition coefficient (Wildman–Crippen LogP) is 0.361. The summed E-state index contributed by atoms with van der Waals surface area (Å²) in [7, 11) is 2.55. The summed E-state index contributed by atoms with van der Waals surface area (Å²) >= 11 is 0. The summed E-state index contributed by atoms with van der Waals surface area (Å²) in [6, 6.07) is 6.29. The van der Waals surface area contributed by atoms with E-state index in [2.05, 4.69) is 4.98 Å². The van der Waals surface area contributed by atoms with Gasteiger partial charge in [0.25, 0.3) is 5.56 Å². The average molecular weight is 384 g/mol. The first kappa shape index (κ1) is 18.8. The molecule has 1 aromatic carbocycles. The molecule has 2 aromatic heterocycles. The molecule has 0 bridgehead atoms. The van der Waals surface area contributed by atoms with Gasteiger partial charge < -0.3 is 14.9 Å². The number of nitrogens with two attached hydrogens (primary N) is 1. The van der Waals surface area contributed by atoms with Crippen molar-refractivity contribution in [2.75, 3.05) is 12.3 Å². The van der Waals surface area contributed by atoms with Crippen LogP contribution in [0.1, 0.15) is 20.7 Å². The Morgan fingerprint density at radius 2 is 1.82 bits per heavy atom. The fourth-order valence-electron chi connectivity index (χ4n) is 2.54. The van der Waals surface area contributed by atoms with Crippen molar-refractivity contribution in [2.45, 2.75) is 0 Å². The lowest BCUT2D eigenvalue weighted by molar-refractivity contribution is 0.0474. The smallest absolute Gasteiger partial charge is 0.338 e. The number of esters is 1. The summed E-state index contributed by atoms with van der Waals surface area (Å²) in [5, 5.41) is 0. The van der Waals surface area contributed by atoms with E-state index in [0.29, 0.717) is 11.3 Å². The van der Waals surface area contributed by atoms with E-state index < -0.39 is 35.2 Å². The zero-order valence-corrected chi connectivity index (χ0v) is 15.0. The quantitative estimate of drug-likeness (QED) is 0.491. The summed E-state index contributed by atoms with van der Waals surface area (Å²) in [4.78, 5) is 52.3. The highest BCUT2D eigenvalue weighted by atomic mass is 16.5. The maximum Gasteiger partial charge on any atom is 0.338 e. The minimum absolute atomic E-state index is 0.206. The molecule has 0 saturated carbocycles. The maximum absolute atomic E-state index is 12.3. The van der Waals surface area contributed by atoms with E-state index in [1.807, 2.05) is 0 Å². The predicted molar refractivity (Wildman–Crippen MR) is 97.9 cm³/mol. The molecule has 144 valence electrons. The number of anilines is 1. The number of nitrogen functional groups attached to an aromatic ring is 1. The van der Waals surface area contributed by atoms with E-state index in [1.54, 1.807) is 12.1 Å². The van der Waals surface area contributed by atoms with Crippen LogP contribution in [-0.4, -0.2) is 32.5 Å². The van der Waals surface area contributed by atoms with Crippen LogP contribution in [0.4, 0.5) is 5.82 Å². The van der Waals surface area contributed by atoms with Gasteiger partial charge in [-0.25, -0.2) is 14.6 Å². The number of oxazole rings is 1. The van der Waals surface area contributed by atoms with Crippen molar-refractivity contribution in [1.82, 2.24) is 14.1 Å². The molecule has 10 heteroatoms. The van der Waals surface area contributed by atoms with Gasteiger partial charge in [-0.05, 0) is 12.1 Å². The molecule has 0 aliphatic rings. The van der Waals surface area contributed by atoms with Crippen LogP contribution in [0.3, 0.4) is 0 Å². The van der Waals surface area contributed by atoms with Crippen LogP contribution >= 0.6 is 0 Å². The number of hydrogen-bond acceptors (Lipinski definition) is 8. The highest BCUT2D eigenvalue weighted by molar-refractivity contribution is 6.02. The first-order valence-electron chi connectivity index (χ1n) is 8.06. The summed E-state index contributed by atoms with van der Waals surface area (Å²) in [6.45, 7) is -0.694. The summed E-state index contributed by atoms with van der Waals surface area (Å²) in [6.07, 6.45) is 2.82. The number of ether oxygens (including phenoxy) is 1. The average Bonchev–Trinajstić information content (AvgIpc) is 3.24. The van der Waals surface area contributed by atoms with Crippen molar-refractivity contribution in [3.8, 4) is 11.3 Å². The van der Waals surface area contributed by atoms with Crippen LogP contribution in [0.2, 0.25) is 0 Å². The van der Waals surface area contributed by atoms with Crippen molar-refractivity contribution < 1.29 is 18.7 Å². The van der Waals surface area contributed by atoms with E-state index in [1.165, 1.54) is 38.8 Å². The first-order valence-corrected chi connectivity index (χ1v) is 8.06. The van der Waals surface area contributed by atoms with Gasteiger partial charge >= 0.3 is 11.7 Å². The lowest BCUT2D eigenvalue weighted by Gasteiger charge is -2.11. The molecule has 0 unspecified atom stereocenters. The van der Waals surface area contributed by atoms with Crippen LogP contribution in [0.15, 0.2) is 50.9 Å². The minimum atomic E-state index is -0.849. The van der Waals surface area contributed by atoms with Crippen LogP contribution in [0.5, 0.6) is 0 Å². The second kappa shape index (κ2) is 7.35. The van der Waals surface area contributed by atoms with Gasteiger partial charge in [0.05, 0.1) is 11.8 Å². The van der Waals surface area contributed by atoms with E-state index in [-0.39, 0.29) is 11.4 Å². The molecular weight excluding hydrogens is 368 g/mol. The van der Waals surface area contributed by atoms with Gasteiger partial charge in [-0.3, -0.25) is 18.7 Å². The molecule has 0 aliphatic heterocycles. The minimum Gasteiger partial charge on any atom is -0.454 e. The van der Waals surface area contributed by atoms with E-state index in [4.69, 9.17) is 14.9 Å². The van der Waals surface area contributed by atoms with Gasteiger partial charge in [0.1, 0.15) is 11.4 Å². The van der Waals surface area contributed by atoms with E-state index in [9.17, 15) is 19.2 Å². The SMILES string of the molecule is Cn1c(N)c(C(=O)COC(=O)c2ccc(-c3cnco3)cc2)c(=O)n(C)c1=O. The summed E-state index contributed by atoms with van der Waals surface area (Å²) < 4.78 is 11.9. The molecule has 0 atom stereocenters. The number of nitrogens with zero attached hydrogens (tertiary/aromatic N) is 3. The number of Topliss-reactive ketones (excluding diaryl/α,β-unsaturated/α-hetero) is 1. The Morgan fingerprint density at radius 3 is 2.43 bits per heavy atom. The van der Waals surface area contributed by atoms with Crippen molar-refractivity contribution in [3.05, 3.63) is 68.8 Å². The molecule has 0 fully saturated rings. The van der Waals surface area contributed by atoms with Crippen molar-refractivity contribution in [1.29, 1.82) is 0 Å². The molecule has 0 spiro atoms. The van der Waals surface area contributed by atoms with Gasteiger partial charge in [0, 0.05) is 19.7 Å². The van der Waals surface area contributed by atoms with E-state index in [0.717, 1.165) is 9.13 Å². The molecule has 3 aromatic rings. The van der Waals surface area contributed by atoms with Crippen LogP contribution in [-0.2, 0) is 18.8 Å². The Kier molecular flexibility index (Phi) is 4.94. The fourth-order valence-corrected chi connectivity index (χ4v) is 2.54. The molecule has 0 radical (unpaired) electrons. The third-order valence-electron chi connectivity index (χ3n) is 4.16. The summed E-state index contributed by atoms with van der Waals surface area (Å²) in [5.41, 5.74) is 4.71. The number of benzene rings is 1. The third-order valence-corrected chi connectivity index (χ3v) is 4.16. The number of carbonyl (C=O) groups is 2. The topological polar surface area (TPSA) is 139 Å². The van der Waals surface area contributed by atoms with Gasteiger partial charge in [-0.1, -0.05) is 12.1 Å². The highest BCUT2D eigenvalue weighted by Crippen LogP contribution is 2.19. The van der Waals surface area contributed by atoms with Gasteiger partial charge in [-0.2, -0.15) is 0 Å². The Hall–Kier alpha value is -3.95. The normalized spacial score (nSPS) is 10.6. The number of ketones is 1. The zero-order chi connectivity index (χ0) is 20.4. The molecule has 0 aliphatic carbocycles. The lowest BCUT2D eigenvalue weighted by atomic mass is 10.1. The molecule has 3 rings (SSSR count). The number of carbonyl (C=O) groups excluding carboxylic acids is 2. The molecule has 0 amide bonds. The summed E-state index contributed by atoms with van der Waals surface area (Å²) in [5.74, 6) is -1.31. The number of hydrogen-bond donors (Lipinski definition) is 1. The molecule has 0 saturated heterocycles. The lowest BCUT2D eigenvalue weighted by Crippen LogP contribution is -2.42. The van der Waals surface area contributed by atoms with Crippen LogP contribution in [0.25, 0.3) is 11.3 Å². The van der Waals surface area contributed by atoms with Crippen LogP contribution < -0.4 is 17.0 Å². The third kappa shape index (κ3) is 3.34. The largest absolute Gasteiger partial charge is 0.454 e. The first-order chi connectivity index (χ1) is 13.3. The standard InChI is InChI=1S/C18H16N4O6/c1-21-15(19)14(16(24)22(2)18(21)26)12(23)8-27-17(25)11-5-3-10(4-6-11)13-7-20-9-28-13/h3-7,9H,8,19H2,1-2H3. The molecular formula is C18H16N4O6. The molecule has 10 nitrogen and oxygen atoms in total. The second-order valence-electron chi connectivity index (χ2n) is 5.91. The van der Waals surface area contributed by atoms with E-state index >= 15 is 0 Å². The fraction of sp³-hybridized carbons (Fsp3) is 0.167. The van der Waals surface area contributed by atoms with Crippen molar-refractivity contribution >= 4 is 17.6 Å². The monoisotopic (exact) mass is 384 g/mol. The van der Waals surface area contributed by atoms with Gasteiger partial charge in [0.2, 0.25) is 5.78 Å². The Bertz CT molecular complexity index is 1160. The van der Waals surface area contributed by atoms with Crippen LogP contribution in [0, 0.1) is 0 Å². The Balaban J connectivity index is 1.74. The highest BCUT2D eigenvalue weighted by Gasteiger charge is 2.21. The molecule has 28 heavy (non-hydrogen) atoms. The Morgan fingerprint density at radius 1 is 1.14 bits per heavy atom. The Labute approximate surface area is 157 Å². The number of aromatic nitrogens is 3.